The summed E-state index contributed by atoms with van der Waals surface area (Å²) in [6.45, 7) is 1.55. The average molecular weight is 447 g/mol. The van der Waals surface area contributed by atoms with Gasteiger partial charge in [-0.3, -0.25) is 4.79 Å². The lowest BCUT2D eigenvalue weighted by atomic mass is 9.73. The summed E-state index contributed by atoms with van der Waals surface area (Å²) in [4.78, 5) is 17.2. The molecule has 4 rings (SSSR count). The van der Waals surface area contributed by atoms with Crippen molar-refractivity contribution in [2.75, 3.05) is 20.8 Å². The molecule has 0 unspecified atom stereocenters. The number of aromatic nitrogens is 2. The topological polar surface area (TPSA) is 69.0 Å². The minimum Gasteiger partial charge on any atom is -0.493 e. The molecule has 1 aliphatic heterocycles. The van der Waals surface area contributed by atoms with E-state index in [4.69, 9.17) is 14.6 Å². The zero-order chi connectivity index (χ0) is 20.9. The molecule has 2 atom stereocenters. The van der Waals surface area contributed by atoms with E-state index in [1.54, 1.807) is 25.4 Å². The Balaban J connectivity index is 0.00000272. The molecule has 7 nitrogen and oxygen atoms in total. The quantitative estimate of drug-likeness (QED) is 0.571. The fourth-order valence-electron chi connectivity index (χ4n) is 4.60. The van der Waals surface area contributed by atoms with Crippen LogP contribution in [0, 0.1) is 11.8 Å². The van der Waals surface area contributed by atoms with Crippen molar-refractivity contribution in [1.29, 1.82) is 0 Å². The lowest BCUT2D eigenvalue weighted by Gasteiger charge is -2.38. The number of hydrazone groups is 1. The summed E-state index contributed by atoms with van der Waals surface area (Å²) in [6, 6.07) is 5.93. The first-order valence-electron chi connectivity index (χ1n) is 10.8. The van der Waals surface area contributed by atoms with E-state index >= 15 is 0 Å². The number of carbonyl (C=O) groups excluding carboxylic acids is 1. The smallest absolute Gasteiger partial charge is 0.246 e. The number of carbonyl (C=O) groups is 1. The summed E-state index contributed by atoms with van der Waals surface area (Å²) in [7, 11) is 3.28. The predicted molar refractivity (Wildman–Crippen MR) is 122 cm³/mol. The number of aryl methyl sites for hydroxylation is 1. The van der Waals surface area contributed by atoms with E-state index in [0.29, 0.717) is 18.0 Å². The largest absolute Gasteiger partial charge is 0.493 e. The van der Waals surface area contributed by atoms with Crippen LogP contribution in [0.15, 0.2) is 42.0 Å². The monoisotopic (exact) mass is 446 g/mol. The van der Waals surface area contributed by atoms with E-state index in [1.807, 2.05) is 30.7 Å². The Morgan fingerprint density at radius 1 is 1.03 bits per heavy atom. The zero-order valence-electron chi connectivity index (χ0n) is 18.2. The highest BCUT2D eigenvalue weighted by Crippen LogP contribution is 2.39. The first kappa shape index (κ1) is 23.1. The van der Waals surface area contributed by atoms with E-state index in [1.165, 1.54) is 0 Å². The number of ether oxygens (including phenoxy) is 2. The molecule has 31 heavy (non-hydrogen) atoms. The van der Waals surface area contributed by atoms with Crippen LogP contribution in [0.3, 0.4) is 0 Å². The van der Waals surface area contributed by atoms with E-state index in [-0.39, 0.29) is 30.2 Å². The van der Waals surface area contributed by atoms with Crippen LogP contribution in [0.5, 0.6) is 11.5 Å². The van der Waals surface area contributed by atoms with Crippen LogP contribution in [0.2, 0.25) is 0 Å². The Hall–Kier alpha value is -2.54. The second-order valence-electron chi connectivity index (χ2n) is 8.02. The first-order chi connectivity index (χ1) is 14.7. The van der Waals surface area contributed by atoms with E-state index in [9.17, 15) is 4.79 Å². The molecule has 0 bridgehead atoms. The summed E-state index contributed by atoms with van der Waals surface area (Å²) in [5.74, 6) is 1.80. The third-order valence-electron chi connectivity index (χ3n) is 6.19. The molecule has 2 heterocycles. The summed E-state index contributed by atoms with van der Waals surface area (Å²) < 4.78 is 12.9. The number of hydrogen-bond donors (Lipinski definition) is 0. The van der Waals surface area contributed by atoms with Crippen molar-refractivity contribution in [2.45, 2.75) is 45.1 Å². The van der Waals surface area contributed by atoms with Gasteiger partial charge in [0.2, 0.25) is 5.91 Å². The molecule has 1 amide bonds. The van der Waals surface area contributed by atoms with Gasteiger partial charge in [-0.25, -0.2) is 9.99 Å². The van der Waals surface area contributed by atoms with Gasteiger partial charge in [0, 0.05) is 42.9 Å². The van der Waals surface area contributed by atoms with Crippen LogP contribution < -0.4 is 9.47 Å². The van der Waals surface area contributed by atoms with Gasteiger partial charge in [-0.05, 0) is 43.9 Å². The molecule has 1 saturated carbocycles. The highest BCUT2D eigenvalue weighted by Gasteiger charge is 2.41. The Bertz CT molecular complexity index is 900. The van der Waals surface area contributed by atoms with Crippen molar-refractivity contribution in [3.63, 3.8) is 0 Å². The Morgan fingerprint density at radius 2 is 1.77 bits per heavy atom. The van der Waals surface area contributed by atoms with E-state index in [0.717, 1.165) is 56.3 Å². The van der Waals surface area contributed by atoms with Gasteiger partial charge < -0.3 is 14.0 Å². The maximum absolute atomic E-state index is 13.1. The number of benzene rings is 1. The predicted octanol–water partition coefficient (Wildman–Crippen LogP) is 4.16. The van der Waals surface area contributed by atoms with Crippen molar-refractivity contribution >= 4 is 24.0 Å². The Kier molecular flexibility index (Phi) is 7.96. The Morgan fingerprint density at radius 3 is 2.48 bits per heavy atom. The fraction of sp³-hybridized carbons (Fsp3) is 0.522. The SMILES string of the molecule is COc1ccc(C2=NN(CCCCn3ccnc3)C(=O)[C@@H]3CCCC[C@H]23)cc1OC.Cl. The number of unbranched alkanes of at least 4 members (excludes halogenated alkanes) is 1. The number of nitrogens with zero attached hydrogens (tertiary/aromatic N) is 4. The van der Waals surface area contributed by atoms with Gasteiger partial charge in [0.15, 0.2) is 11.5 Å². The second-order valence-corrected chi connectivity index (χ2v) is 8.02. The number of amides is 1. The molecular formula is C23H31ClN4O3. The number of imidazole rings is 1. The van der Waals surface area contributed by atoms with Gasteiger partial charge in [-0.2, -0.15) is 5.10 Å². The molecule has 2 aromatic rings. The molecule has 0 N–H and O–H groups in total. The van der Waals surface area contributed by atoms with Crippen LogP contribution in [-0.4, -0.2) is 46.9 Å². The second kappa shape index (κ2) is 10.7. The molecule has 1 aromatic carbocycles. The molecule has 0 radical (unpaired) electrons. The van der Waals surface area contributed by atoms with Gasteiger partial charge in [0.05, 0.1) is 26.3 Å². The molecule has 1 aromatic heterocycles. The third kappa shape index (κ3) is 5.03. The van der Waals surface area contributed by atoms with Crippen LogP contribution >= 0.6 is 12.4 Å². The molecule has 8 heteroatoms. The average Bonchev–Trinajstić information content (AvgIpc) is 3.31. The highest BCUT2D eigenvalue weighted by molar-refractivity contribution is 6.07. The van der Waals surface area contributed by atoms with E-state index in [2.05, 4.69) is 9.55 Å². The molecule has 168 valence electrons. The number of fused-ring (bicyclic) bond motifs is 1. The highest BCUT2D eigenvalue weighted by atomic mass is 35.5. The summed E-state index contributed by atoms with van der Waals surface area (Å²) >= 11 is 0. The van der Waals surface area contributed by atoms with Crippen molar-refractivity contribution in [3.8, 4) is 11.5 Å². The Labute approximate surface area is 189 Å². The zero-order valence-corrected chi connectivity index (χ0v) is 19.0. The third-order valence-corrected chi connectivity index (χ3v) is 6.19. The summed E-state index contributed by atoms with van der Waals surface area (Å²) in [5, 5.41) is 6.58. The van der Waals surface area contributed by atoms with Crippen molar-refractivity contribution < 1.29 is 14.3 Å². The van der Waals surface area contributed by atoms with Crippen molar-refractivity contribution in [3.05, 3.63) is 42.5 Å². The fourth-order valence-corrected chi connectivity index (χ4v) is 4.60. The molecule has 2 aliphatic rings. The van der Waals surface area contributed by atoms with Gasteiger partial charge in [-0.1, -0.05) is 12.8 Å². The van der Waals surface area contributed by atoms with Crippen LogP contribution in [-0.2, 0) is 11.3 Å². The number of hydrogen-bond acceptors (Lipinski definition) is 5. The van der Waals surface area contributed by atoms with Crippen LogP contribution in [0.4, 0.5) is 0 Å². The number of halogens is 1. The normalized spacial score (nSPS) is 20.5. The molecule has 0 spiro atoms. The maximum Gasteiger partial charge on any atom is 0.246 e. The van der Waals surface area contributed by atoms with Crippen molar-refractivity contribution in [1.82, 2.24) is 14.6 Å². The summed E-state index contributed by atoms with van der Waals surface area (Å²) in [6.07, 6.45) is 11.7. The lowest BCUT2D eigenvalue weighted by molar-refractivity contribution is -0.139. The van der Waals surface area contributed by atoms with Crippen molar-refractivity contribution in [2.24, 2.45) is 16.9 Å². The number of methoxy groups -OCH3 is 2. The van der Waals surface area contributed by atoms with Gasteiger partial charge >= 0.3 is 0 Å². The van der Waals surface area contributed by atoms with Gasteiger partial charge in [0.25, 0.3) is 0 Å². The van der Waals surface area contributed by atoms with Gasteiger partial charge in [-0.15, -0.1) is 12.4 Å². The standard InChI is InChI=1S/C23H30N4O3.ClH/c1-29-20-10-9-17(15-21(20)30-2)22-18-7-3-4-8-19(18)23(28)27(25-22)13-6-5-12-26-14-11-24-16-26;/h9-11,14-16,18-19H,3-8,12-13H2,1-2H3;1H/t18-,19+;/m0./s1. The minimum atomic E-state index is 0. The molecular weight excluding hydrogens is 416 g/mol. The van der Waals surface area contributed by atoms with Crippen LogP contribution in [0.1, 0.15) is 44.1 Å². The summed E-state index contributed by atoms with van der Waals surface area (Å²) in [5.41, 5.74) is 2.02. The number of rotatable bonds is 8. The lowest BCUT2D eigenvalue weighted by Crippen LogP contribution is -2.46. The molecule has 1 aliphatic carbocycles. The molecule has 1 fully saturated rings. The van der Waals surface area contributed by atoms with Crippen LogP contribution in [0.25, 0.3) is 0 Å². The minimum absolute atomic E-state index is 0. The maximum atomic E-state index is 13.1. The first-order valence-corrected chi connectivity index (χ1v) is 10.8. The van der Waals surface area contributed by atoms with E-state index < -0.39 is 0 Å². The molecule has 0 saturated heterocycles. The van der Waals surface area contributed by atoms with Gasteiger partial charge in [0.1, 0.15) is 0 Å².